The molecule has 0 bridgehead atoms. The number of benzene rings is 1. The van der Waals surface area contributed by atoms with Crippen LogP contribution in [0.15, 0.2) is 66.0 Å². The summed E-state index contributed by atoms with van der Waals surface area (Å²) in [6.45, 7) is 2.19. The fourth-order valence-electron chi connectivity index (χ4n) is 2.99. The van der Waals surface area contributed by atoms with Crippen LogP contribution in [0.5, 0.6) is 0 Å². The van der Waals surface area contributed by atoms with Crippen LogP contribution in [0.1, 0.15) is 5.56 Å². The molecule has 0 unspecified atom stereocenters. The third-order valence-corrected chi connectivity index (χ3v) is 6.43. The summed E-state index contributed by atoms with van der Waals surface area (Å²) >= 11 is 0. The first kappa shape index (κ1) is 18.6. The maximum atomic E-state index is 12.7. The van der Waals surface area contributed by atoms with E-state index in [1.807, 2.05) is 36.5 Å². The number of hydrogen-bond acceptors (Lipinski definition) is 6. The molecule has 0 atom stereocenters. The number of rotatable bonds is 6. The highest BCUT2D eigenvalue weighted by Crippen LogP contribution is 2.18. The summed E-state index contributed by atoms with van der Waals surface area (Å²) in [7, 11) is -3.47. The second-order valence-electron chi connectivity index (χ2n) is 6.36. The Kier molecular flexibility index (Phi) is 5.38. The fraction of sp³-hybridized carbons (Fsp3) is 0.263. The van der Waals surface area contributed by atoms with Gasteiger partial charge < -0.3 is 10.1 Å². The smallest absolute Gasteiger partial charge is 0.243 e. The molecule has 0 saturated carbocycles. The van der Waals surface area contributed by atoms with Gasteiger partial charge in [0.2, 0.25) is 10.0 Å². The van der Waals surface area contributed by atoms with Crippen molar-refractivity contribution in [1.29, 1.82) is 0 Å². The quantitative estimate of drug-likeness (QED) is 0.681. The molecule has 0 radical (unpaired) electrons. The monoisotopic (exact) mass is 399 g/mol. The van der Waals surface area contributed by atoms with Gasteiger partial charge in [-0.15, -0.1) is 0 Å². The van der Waals surface area contributed by atoms with Gasteiger partial charge in [-0.1, -0.05) is 12.1 Å². The van der Waals surface area contributed by atoms with E-state index >= 15 is 0 Å². The van der Waals surface area contributed by atoms with E-state index in [0.29, 0.717) is 37.7 Å². The zero-order valence-electron chi connectivity index (χ0n) is 15.2. The van der Waals surface area contributed by atoms with Gasteiger partial charge >= 0.3 is 0 Å². The molecule has 1 saturated heterocycles. The van der Waals surface area contributed by atoms with Crippen LogP contribution < -0.4 is 5.32 Å². The van der Waals surface area contributed by atoms with E-state index in [1.54, 1.807) is 29.2 Å². The van der Waals surface area contributed by atoms with Crippen molar-refractivity contribution in [3.05, 3.63) is 66.6 Å². The van der Waals surface area contributed by atoms with E-state index < -0.39 is 10.0 Å². The Morgan fingerprint density at radius 2 is 1.86 bits per heavy atom. The Morgan fingerprint density at radius 3 is 2.57 bits per heavy atom. The molecule has 28 heavy (non-hydrogen) atoms. The molecule has 1 aliphatic rings. The maximum Gasteiger partial charge on any atom is 0.243 e. The second kappa shape index (κ2) is 8.09. The number of anilines is 1. The maximum absolute atomic E-state index is 12.7. The number of hydrogen-bond donors (Lipinski definition) is 1. The van der Waals surface area contributed by atoms with Crippen molar-refractivity contribution in [3.63, 3.8) is 0 Å². The van der Waals surface area contributed by atoms with E-state index in [1.165, 1.54) is 4.31 Å². The highest BCUT2D eigenvalue weighted by Gasteiger charge is 2.25. The van der Waals surface area contributed by atoms with Gasteiger partial charge in [-0.25, -0.2) is 18.1 Å². The van der Waals surface area contributed by atoms with Crippen LogP contribution in [-0.4, -0.2) is 53.8 Å². The second-order valence-corrected chi connectivity index (χ2v) is 8.30. The minimum atomic E-state index is -3.47. The summed E-state index contributed by atoms with van der Waals surface area (Å²) in [5.41, 5.74) is 1.88. The van der Waals surface area contributed by atoms with Gasteiger partial charge in [0.25, 0.3) is 0 Å². The highest BCUT2D eigenvalue weighted by molar-refractivity contribution is 7.89. The fourth-order valence-corrected chi connectivity index (χ4v) is 4.40. The van der Waals surface area contributed by atoms with Gasteiger partial charge in [0.15, 0.2) is 0 Å². The molecule has 8 nitrogen and oxygen atoms in total. The Labute approximate surface area is 163 Å². The molecule has 146 valence electrons. The van der Waals surface area contributed by atoms with E-state index in [4.69, 9.17) is 4.74 Å². The number of nitrogens with one attached hydrogen (secondary N) is 1. The first-order chi connectivity index (χ1) is 13.6. The summed E-state index contributed by atoms with van der Waals surface area (Å²) in [4.78, 5) is 4.62. The standard InChI is InChI=1S/C19H21N5O3S/c25-28(26,23-10-12-27-13-11-23)18-4-2-16(3-5-18)15-21-19-14-17(6-8-20-19)24-9-1-7-22-24/h1-9,14H,10-13,15H2,(H,20,21). The molecule has 9 heteroatoms. The van der Waals surface area contributed by atoms with Gasteiger partial charge in [0, 0.05) is 44.3 Å². The molecule has 1 N–H and O–H groups in total. The third-order valence-electron chi connectivity index (χ3n) is 4.52. The van der Waals surface area contributed by atoms with Crippen LogP contribution in [0.25, 0.3) is 5.69 Å². The summed E-state index contributed by atoms with van der Waals surface area (Å²) in [5, 5.41) is 7.47. The summed E-state index contributed by atoms with van der Waals surface area (Å²) in [5.74, 6) is 0.720. The van der Waals surface area contributed by atoms with Gasteiger partial charge in [-0.2, -0.15) is 9.40 Å². The summed E-state index contributed by atoms with van der Waals surface area (Å²) < 4.78 is 33.8. The lowest BCUT2D eigenvalue weighted by Gasteiger charge is -2.26. The predicted octanol–water partition coefficient (Wildman–Crippen LogP) is 1.90. The molecule has 0 aliphatic carbocycles. The van der Waals surface area contributed by atoms with E-state index in [-0.39, 0.29) is 0 Å². The Hall–Kier alpha value is -2.75. The van der Waals surface area contributed by atoms with E-state index in [9.17, 15) is 8.42 Å². The third kappa shape index (κ3) is 4.06. The Bertz CT molecular complexity index is 1010. The molecular formula is C19H21N5O3S. The SMILES string of the molecule is O=S(=O)(c1ccc(CNc2cc(-n3cccn3)ccn2)cc1)N1CCOCC1. The normalized spacial score (nSPS) is 15.4. The van der Waals surface area contributed by atoms with Crippen LogP contribution >= 0.6 is 0 Å². The number of nitrogens with zero attached hydrogens (tertiary/aromatic N) is 4. The molecule has 0 spiro atoms. The largest absolute Gasteiger partial charge is 0.379 e. The lowest BCUT2D eigenvalue weighted by molar-refractivity contribution is 0.0730. The van der Waals surface area contributed by atoms with Crippen LogP contribution in [0.3, 0.4) is 0 Å². The van der Waals surface area contributed by atoms with Crippen molar-refractivity contribution in [3.8, 4) is 5.69 Å². The molecule has 3 heterocycles. The first-order valence-electron chi connectivity index (χ1n) is 9.00. The van der Waals surface area contributed by atoms with E-state index in [0.717, 1.165) is 17.1 Å². The average Bonchev–Trinajstić information content (AvgIpc) is 3.28. The van der Waals surface area contributed by atoms with Gasteiger partial charge in [0.1, 0.15) is 5.82 Å². The predicted molar refractivity (Wildman–Crippen MR) is 105 cm³/mol. The van der Waals surface area contributed by atoms with E-state index in [2.05, 4.69) is 15.4 Å². The molecule has 1 aliphatic heterocycles. The molecule has 3 aromatic rings. The van der Waals surface area contributed by atoms with Crippen molar-refractivity contribution in [2.45, 2.75) is 11.4 Å². The average molecular weight is 399 g/mol. The number of aromatic nitrogens is 3. The lowest BCUT2D eigenvalue weighted by atomic mass is 10.2. The van der Waals surface area contributed by atoms with Gasteiger partial charge in [-0.05, 0) is 29.8 Å². The Balaban J connectivity index is 1.42. The molecule has 2 aromatic heterocycles. The molecular weight excluding hydrogens is 378 g/mol. The molecule has 4 rings (SSSR count). The molecule has 1 fully saturated rings. The van der Waals surface area contributed by atoms with Crippen molar-refractivity contribution >= 4 is 15.8 Å². The van der Waals surface area contributed by atoms with Crippen LogP contribution in [0.2, 0.25) is 0 Å². The number of sulfonamides is 1. The van der Waals surface area contributed by atoms with Crippen LogP contribution in [0.4, 0.5) is 5.82 Å². The minimum Gasteiger partial charge on any atom is -0.379 e. The zero-order chi connectivity index (χ0) is 19.4. The first-order valence-corrected chi connectivity index (χ1v) is 10.4. The van der Waals surface area contributed by atoms with Crippen LogP contribution in [-0.2, 0) is 21.3 Å². The van der Waals surface area contributed by atoms with Crippen molar-refractivity contribution in [1.82, 2.24) is 19.1 Å². The minimum absolute atomic E-state index is 0.303. The van der Waals surface area contributed by atoms with Crippen molar-refractivity contribution in [2.24, 2.45) is 0 Å². The van der Waals surface area contributed by atoms with Crippen LogP contribution in [0, 0.1) is 0 Å². The zero-order valence-corrected chi connectivity index (χ0v) is 16.0. The topological polar surface area (TPSA) is 89.3 Å². The summed E-state index contributed by atoms with van der Waals surface area (Å²) in [6, 6.07) is 12.6. The molecule has 0 amide bonds. The number of ether oxygens (including phenoxy) is 1. The van der Waals surface area contributed by atoms with Gasteiger partial charge in [0.05, 0.1) is 23.8 Å². The Morgan fingerprint density at radius 1 is 1.07 bits per heavy atom. The van der Waals surface area contributed by atoms with Crippen molar-refractivity contribution in [2.75, 3.05) is 31.6 Å². The lowest BCUT2D eigenvalue weighted by Crippen LogP contribution is -2.40. The highest BCUT2D eigenvalue weighted by atomic mass is 32.2. The number of pyridine rings is 1. The summed E-state index contributed by atoms with van der Waals surface area (Å²) in [6.07, 6.45) is 5.31. The van der Waals surface area contributed by atoms with Crippen molar-refractivity contribution < 1.29 is 13.2 Å². The number of morpholine rings is 1. The molecule has 1 aromatic carbocycles. The van der Waals surface area contributed by atoms with Gasteiger partial charge in [-0.3, -0.25) is 0 Å².